The van der Waals surface area contributed by atoms with Crippen molar-refractivity contribution in [2.24, 2.45) is 7.05 Å². The van der Waals surface area contributed by atoms with E-state index in [0.717, 1.165) is 10.9 Å². The molecule has 0 unspecified atom stereocenters. The first-order valence-electron chi connectivity index (χ1n) is 6.64. The molecule has 0 fully saturated rings. The summed E-state index contributed by atoms with van der Waals surface area (Å²) in [6.07, 6.45) is 0. The predicted molar refractivity (Wildman–Crippen MR) is 77.6 cm³/mol. The molecule has 6 nitrogen and oxygen atoms in total. The van der Waals surface area contributed by atoms with Crippen LogP contribution in [0.4, 0.5) is 0 Å². The molecule has 0 aliphatic carbocycles. The van der Waals surface area contributed by atoms with Crippen LogP contribution in [0.25, 0.3) is 10.9 Å². The van der Waals surface area contributed by atoms with Gasteiger partial charge < -0.3 is 15.3 Å². The zero-order chi connectivity index (χ0) is 14.5. The monoisotopic (exact) mass is 276 g/mol. The number of likely N-dealkylation sites (N-methyl/N-ethyl adjacent to an activating group) is 1. The Morgan fingerprint density at radius 3 is 2.90 bits per heavy atom. The lowest BCUT2D eigenvalue weighted by molar-refractivity contribution is 0.0791. The molecule has 6 heteroatoms. The van der Waals surface area contributed by atoms with Gasteiger partial charge in [0.2, 0.25) is 0 Å². The van der Waals surface area contributed by atoms with Gasteiger partial charge in [-0.1, -0.05) is 18.2 Å². The third kappa shape index (κ3) is 2.97. The molecular formula is C14H20N4O2. The fourth-order valence-electron chi connectivity index (χ4n) is 2.10. The van der Waals surface area contributed by atoms with Crippen molar-refractivity contribution in [3.05, 3.63) is 30.0 Å². The van der Waals surface area contributed by atoms with E-state index in [1.54, 1.807) is 16.6 Å². The molecular weight excluding hydrogens is 256 g/mol. The Labute approximate surface area is 118 Å². The lowest BCUT2D eigenvalue weighted by atomic mass is 10.2. The maximum absolute atomic E-state index is 12.4. The number of rotatable bonds is 6. The summed E-state index contributed by atoms with van der Waals surface area (Å²) in [6, 6.07) is 7.69. The summed E-state index contributed by atoms with van der Waals surface area (Å²) in [5.41, 5.74) is 1.43. The average molecular weight is 276 g/mol. The number of carbonyl (C=O) groups is 1. The van der Waals surface area contributed by atoms with Crippen molar-refractivity contribution in [2.75, 3.05) is 33.3 Å². The van der Waals surface area contributed by atoms with Crippen molar-refractivity contribution in [1.82, 2.24) is 20.0 Å². The number of benzene rings is 1. The number of nitrogens with one attached hydrogen (secondary N) is 1. The summed E-state index contributed by atoms with van der Waals surface area (Å²) >= 11 is 0. The number of carbonyl (C=O) groups excluding carboxylic acids is 1. The number of aromatic nitrogens is 2. The molecule has 0 saturated heterocycles. The minimum atomic E-state index is -0.0902. The Balaban J connectivity index is 2.11. The standard InChI is InChI=1S/C14H20N4O2/c1-17(9-7-15-8-10-19)14(20)13-11-5-3-4-6-12(11)18(2)16-13/h3-6,15,19H,7-10H2,1-2H3. The van der Waals surface area contributed by atoms with Gasteiger partial charge in [0.25, 0.3) is 5.91 Å². The van der Waals surface area contributed by atoms with Gasteiger partial charge in [0, 0.05) is 39.1 Å². The smallest absolute Gasteiger partial charge is 0.274 e. The number of para-hydroxylation sites is 1. The summed E-state index contributed by atoms with van der Waals surface area (Å²) in [5.74, 6) is -0.0902. The van der Waals surface area contributed by atoms with Gasteiger partial charge in [0.05, 0.1) is 12.1 Å². The molecule has 0 atom stereocenters. The van der Waals surface area contributed by atoms with Gasteiger partial charge in [-0.15, -0.1) is 0 Å². The first-order chi connectivity index (χ1) is 9.65. The number of amides is 1. The molecule has 0 spiro atoms. The van der Waals surface area contributed by atoms with Crippen LogP contribution in [0.5, 0.6) is 0 Å². The minimum absolute atomic E-state index is 0.0902. The van der Waals surface area contributed by atoms with Crippen molar-refractivity contribution >= 4 is 16.8 Å². The molecule has 20 heavy (non-hydrogen) atoms. The highest BCUT2D eigenvalue weighted by Gasteiger charge is 2.18. The number of aliphatic hydroxyl groups is 1. The Bertz CT molecular complexity index is 594. The zero-order valence-corrected chi connectivity index (χ0v) is 11.8. The molecule has 2 N–H and O–H groups in total. The van der Waals surface area contributed by atoms with Crippen LogP contribution in [0.2, 0.25) is 0 Å². The molecule has 0 aliphatic heterocycles. The first kappa shape index (κ1) is 14.5. The van der Waals surface area contributed by atoms with Crippen molar-refractivity contribution in [3.8, 4) is 0 Å². The Kier molecular flexibility index (Phi) is 4.70. The van der Waals surface area contributed by atoms with E-state index in [2.05, 4.69) is 10.4 Å². The lowest BCUT2D eigenvalue weighted by Crippen LogP contribution is -2.35. The van der Waals surface area contributed by atoms with Crippen molar-refractivity contribution in [1.29, 1.82) is 0 Å². The zero-order valence-electron chi connectivity index (χ0n) is 11.8. The van der Waals surface area contributed by atoms with Crippen molar-refractivity contribution in [2.45, 2.75) is 0 Å². The normalized spacial score (nSPS) is 10.9. The fourth-order valence-corrected chi connectivity index (χ4v) is 2.10. The molecule has 0 radical (unpaired) electrons. The summed E-state index contributed by atoms with van der Waals surface area (Å²) < 4.78 is 1.72. The third-order valence-electron chi connectivity index (χ3n) is 3.22. The maximum atomic E-state index is 12.4. The van der Waals surface area contributed by atoms with E-state index in [1.807, 2.05) is 31.3 Å². The van der Waals surface area contributed by atoms with Crippen LogP contribution in [0, 0.1) is 0 Å². The quantitative estimate of drug-likeness (QED) is 0.741. The van der Waals surface area contributed by atoms with E-state index in [0.29, 0.717) is 25.3 Å². The van der Waals surface area contributed by atoms with E-state index >= 15 is 0 Å². The van der Waals surface area contributed by atoms with Crippen LogP contribution in [0.15, 0.2) is 24.3 Å². The van der Waals surface area contributed by atoms with Gasteiger partial charge in [0.1, 0.15) is 0 Å². The molecule has 0 aliphatic rings. The summed E-state index contributed by atoms with van der Waals surface area (Å²) in [5, 5.41) is 16.9. The van der Waals surface area contributed by atoms with E-state index < -0.39 is 0 Å². The second-order valence-electron chi connectivity index (χ2n) is 4.69. The van der Waals surface area contributed by atoms with Crippen molar-refractivity contribution in [3.63, 3.8) is 0 Å². The van der Waals surface area contributed by atoms with Gasteiger partial charge >= 0.3 is 0 Å². The number of hydrogen-bond donors (Lipinski definition) is 2. The number of fused-ring (bicyclic) bond motifs is 1. The molecule has 1 aromatic carbocycles. The highest BCUT2D eigenvalue weighted by Crippen LogP contribution is 2.18. The molecule has 0 saturated carbocycles. The fraction of sp³-hybridized carbons (Fsp3) is 0.429. The SMILES string of the molecule is CN(CCNCCO)C(=O)c1nn(C)c2ccccc12. The number of hydrogen-bond acceptors (Lipinski definition) is 4. The number of nitrogens with zero attached hydrogens (tertiary/aromatic N) is 3. The molecule has 0 bridgehead atoms. The molecule has 1 heterocycles. The number of aryl methyl sites for hydroxylation is 1. The highest BCUT2D eigenvalue weighted by atomic mass is 16.3. The van der Waals surface area contributed by atoms with Crippen molar-refractivity contribution < 1.29 is 9.90 Å². The van der Waals surface area contributed by atoms with Crippen LogP contribution in [0.3, 0.4) is 0 Å². The van der Waals surface area contributed by atoms with Gasteiger partial charge in [-0.05, 0) is 6.07 Å². The Morgan fingerprint density at radius 2 is 2.15 bits per heavy atom. The lowest BCUT2D eigenvalue weighted by Gasteiger charge is -2.16. The summed E-state index contributed by atoms with van der Waals surface area (Å²) in [6.45, 7) is 1.86. The van der Waals surface area contributed by atoms with Gasteiger partial charge in [-0.3, -0.25) is 9.48 Å². The van der Waals surface area contributed by atoms with Crippen LogP contribution >= 0.6 is 0 Å². The van der Waals surface area contributed by atoms with E-state index in [4.69, 9.17) is 5.11 Å². The second-order valence-corrected chi connectivity index (χ2v) is 4.69. The van der Waals surface area contributed by atoms with Gasteiger partial charge in [-0.2, -0.15) is 5.10 Å². The molecule has 2 rings (SSSR count). The number of aliphatic hydroxyl groups excluding tert-OH is 1. The van der Waals surface area contributed by atoms with Crippen LogP contribution in [-0.4, -0.2) is 59.0 Å². The minimum Gasteiger partial charge on any atom is -0.395 e. The van der Waals surface area contributed by atoms with E-state index in [-0.39, 0.29) is 12.5 Å². The molecule has 1 amide bonds. The van der Waals surface area contributed by atoms with E-state index in [1.165, 1.54) is 0 Å². The third-order valence-corrected chi connectivity index (χ3v) is 3.22. The molecule has 108 valence electrons. The van der Waals surface area contributed by atoms with Crippen LogP contribution in [-0.2, 0) is 7.05 Å². The first-order valence-corrected chi connectivity index (χ1v) is 6.64. The van der Waals surface area contributed by atoms with Crippen LogP contribution < -0.4 is 5.32 Å². The maximum Gasteiger partial charge on any atom is 0.274 e. The largest absolute Gasteiger partial charge is 0.395 e. The van der Waals surface area contributed by atoms with E-state index in [9.17, 15) is 4.79 Å². The Hall–Kier alpha value is -1.92. The summed E-state index contributed by atoms with van der Waals surface area (Å²) in [4.78, 5) is 14.0. The average Bonchev–Trinajstić information content (AvgIpc) is 2.80. The highest BCUT2D eigenvalue weighted by molar-refractivity contribution is 6.04. The van der Waals surface area contributed by atoms with Gasteiger partial charge in [-0.25, -0.2) is 0 Å². The van der Waals surface area contributed by atoms with Gasteiger partial charge in [0.15, 0.2) is 5.69 Å². The van der Waals surface area contributed by atoms with Crippen LogP contribution in [0.1, 0.15) is 10.5 Å². The topological polar surface area (TPSA) is 70.4 Å². The second kappa shape index (κ2) is 6.49. The summed E-state index contributed by atoms with van der Waals surface area (Å²) in [7, 11) is 3.59. The molecule has 1 aromatic heterocycles. The Morgan fingerprint density at radius 1 is 1.40 bits per heavy atom. The predicted octanol–water partition coefficient (Wildman–Crippen LogP) is 0.227. The molecule has 2 aromatic rings.